The molecule has 3 atom stereocenters. The van der Waals surface area contributed by atoms with E-state index in [1.165, 1.54) is 11.1 Å². The van der Waals surface area contributed by atoms with Crippen molar-refractivity contribution in [2.24, 2.45) is 0 Å². The first-order chi connectivity index (χ1) is 13.3. The van der Waals surface area contributed by atoms with Crippen molar-refractivity contribution in [3.63, 3.8) is 0 Å². The van der Waals surface area contributed by atoms with Gasteiger partial charge in [0.1, 0.15) is 6.04 Å². The fraction of sp³-hybridized carbons (Fsp3) is 0.208. The Morgan fingerprint density at radius 2 is 1.33 bits per heavy atom. The molecule has 3 aromatic rings. The van der Waals surface area contributed by atoms with E-state index >= 15 is 0 Å². The van der Waals surface area contributed by atoms with E-state index in [1.807, 2.05) is 61.5 Å². The van der Waals surface area contributed by atoms with Gasteiger partial charge in [0.05, 0.1) is 18.7 Å². The molecule has 0 aromatic heterocycles. The van der Waals surface area contributed by atoms with Gasteiger partial charge in [-0.15, -0.1) is 0 Å². The normalized spacial score (nSPS) is 21.0. The fourth-order valence-electron chi connectivity index (χ4n) is 3.86. The highest BCUT2D eigenvalue weighted by molar-refractivity contribution is 5.81. The summed E-state index contributed by atoms with van der Waals surface area (Å²) in [6.07, 6.45) is 0. The van der Waals surface area contributed by atoms with Crippen molar-refractivity contribution in [1.29, 1.82) is 0 Å². The van der Waals surface area contributed by atoms with Gasteiger partial charge in [0.15, 0.2) is 0 Å². The van der Waals surface area contributed by atoms with Crippen molar-refractivity contribution in [3.8, 4) is 0 Å². The Balaban J connectivity index is 1.76. The van der Waals surface area contributed by atoms with Gasteiger partial charge in [-0.1, -0.05) is 91.0 Å². The fourth-order valence-corrected chi connectivity index (χ4v) is 3.86. The van der Waals surface area contributed by atoms with E-state index in [9.17, 15) is 4.79 Å². The van der Waals surface area contributed by atoms with Crippen LogP contribution in [-0.2, 0) is 9.53 Å². The molecule has 1 fully saturated rings. The standard InChI is InChI=1S/C24H23NO2/c1-2-27-24(26)23-22(20-16-10-5-11-17-20)25(23)21(18-12-6-3-7-13-18)19-14-8-4-9-15-19/h3-17,21-23H,2H2,1H3/t22-,23?,25?/m1/s1. The van der Waals surface area contributed by atoms with Crippen LogP contribution in [0.15, 0.2) is 91.0 Å². The van der Waals surface area contributed by atoms with Crippen molar-refractivity contribution < 1.29 is 9.53 Å². The summed E-state index contributed by atoms with van der Waals surface area (Å²) in [6.45, 7) is 2.25. The average molecular weight is 357 g/mol. The van der Waals surface area contributed by atoms with Crippen molar-refractivity contribution in [2.45, 2.75) is 25.0 Å². The summed E-state index contributed by atoms with van der Waals surface area (Å²) >= 11 is 0. The molecule has 4 rings (SSSR count). The minimum Gasteiger partial charge on any atom is -0.465 e. The molecule has 0 spiro atoms. The maximum Gasteiger partial charge on any atom is 0.325 e. The molecule has 0 aliphatic carbocycles. The molecule has 0 amide bonds. The number of benzene rings is 3. The molecular weight excluding hydrogens is 334 g/mol. The topological polar surface area (TPSA) is 29.3 Å². The summed E-state index contributed by atoms with van der Waals surface area (Å²) in [5, 5.41) is 0. The van der Waals surface area contributed by atoms with Crippen LogP contribution in [0.5, 0.6) is 0 Å². The second kappa shape index (κ2) is 7.77. The summed E-state index contributed by atoms with van der Waals surface area (Å²) in [5.74, 6) is -0.150. The largest absolute Gasteiger partial charge is 0.465 e. The third kappa shape index (κ3) is 3.51. The van der Waals surface area contributed by atoms with Crippen molar-refractivity contribution in [3.05, 3.63) is 108 Å². The number of nitrogens with zero attached hydrogens (tertiary/aromatic N) is 1. The van der Waals surface area contributed by atoms with Crippen LogP contribution in [0.4, 0.5) is 0 Å². The molecule has 0 radical (unpaired) electrons. The molecule has 1 aliphatic heterocycles. The first-order valence-electron chi connectivity index (χ1n) is 9.40. The Hall–Kier alpha value is -2.91. The highest BCUT2D eigenvalue weighted by Gasteiger charge is 2.57. The van der Waals surface area contributed by atoms with Crippen molar-refractivity contribution >= 4 is 5.97 Å². The van der Waals surface area contributed by atoms with E-state index in [2.05, 4.69) is 41.3 Å². The van der Waals surface area contributed by atoms with E-state index in [1.54, 1.807) is 0 Å². The Bertz CT molecular complexity index is 841. The second-order valence-electron chi connectivity index (χ2n) is 6.72. The van der Waals surface area contributed by atoms with E-state index in [0.717, 1.165) is 5.56 Å². The Labute approximate surface area is 160 Å². The van der Waals surface area contributed by atoms with Crippen LogP contribution < -0.4 is 0 Å². The van der Waals surface area contributed by atoms with Crippen molar-refractivity contribution in [2.75, 3.05) is 6.61 Å². The third-order valence-corrected chi connectivity index (χ3v) is 5.05. The highest BCUT2D eigenvalue weighted by atomic mass is 16.5. The predicted octanol–water partition coefficient (Wildman–Crippen LogP) is 4.76. The van der Waals surface area contributed by atoms with Gasteiger partial charge in [-0.25, -0.2) is 0 Å². The summed E-state index contributed by atoms with van der Waals surface area (Å²) in [5.41, 5.74) is 3.50. The molecule has 0 saturated carbocycles. The molecule has 1 saturated heterocycles. The van der Waals surface area contributed by atoms with Gasteiger partial charge in [0, 0.05) is 0 Å². The summed E-state index contributed by atoms with van der Waals surface area (Å²) < 4.78 is 5.39. The van der Waals surface area contributed by atoms with Crippen LogP contribution in [-0.4, -0.2) is 23.5 Å². The summed E-state index contributed by atoms with van der Waals surface area (Å²) in [7, 11) is 0. The van der Waals surface area contributed by atoms with Crippen molar-refractivity contribution in [1.82, 2.24) is 4.90 Å². The Morgan fingerprint density at radius 3 is 1.81 bits per heavy atom. The number of ether oxygens (including phenoxy) is 1. The minimum atomic E-state index is -0.266. The van der Waals surface area contributed by atoms with Crippen LogP contribution in [0.1, 0.15) is 35.7 Å². The zero-order valence-corrected chi connectivity index (χ0v) is 15.4. The minimum absolute atomic E-state index is 0.00649. The number of esters is 1. The molecule has 2 unspecified atom stereocenters. The molecule has 1 aliphatic rings. The zero-order valence-electron chi connectivity index (χ0n) is 15.4. The predicted molar refractivity (Wildman–Crippen MR) is 106 cm³/mol. The van der Waals surface area contributed by atoms with Gasteiger partial charge in [-0.2, -0.15) is 0 Å². The first-order valence-corrected chi connectivity index (χ1v) is 9.40. The van der Waals surface area contributed by atoms with E-state index in [-0.39, 0.29) is 24.1 Å². The summed E-state index contributed by atoms with van der Waals surface area (Å²) in [4.78, 5) is 15.0. The smallest absolute Gasteiger partial charge is 0.325 e. The quantitative estimate of drug-likeness (QED) is 0.470. The van der Waals surface area contributed by atoms with Crippen LogP contribution in [0, 0.1) is 0 Å². The van der Waals surface area contributed by atoms with Crippen LogP contribution in [0.2, 0.25) is 0 Å². The van der Waals surface area contributed by atoms with Gasteiger partial charge in [-0.3, -0.25) is 9.69 Å². The maximum atomic E-state index is 12.7. The average Bonchev–Trinajstić information content (AvgIpc) is 3.46. The molecular formula is C24H23NO2. The zero-order chi connectivity index (χ0) is 18.6. The molecule has 3 heteroatoms. The monoisotopic (exact) mass is 357 g/mol. The first kappa shape index (κ1) is 17.5. The molecule has 1 heterocycles. The lowest BCUT2D eigenvalue weighted by Crippen LogP contribution is -2.20. The van der Waals surface area contributed by atoms with Gasteiger partial charge < -0.3 is 4.74 Å². The van der Waals surface area contributed by atoms with Gasteiger partial charge in [-0.05, 0) is 23.6 Å². The lowest BCUT2D eigenvalue weighted by molar-refractivity contribution is -0.143. The van der Waals surface area contributed by atoms with Crippen LogP contribution in [0.25, 0.3) is 0 Å². The highest BCUT2D eigenvalue weighted by Crippen LogP contribution is 2.52. The van der Waals surface area contributed by atoms with Crippen LogP contribution >= 0.6 is 0 Å². The van der Waals surface area contributed by atoms with E-state index in [4.69, 9.17) is 4.74 Å². The second-order valence-corrected chi connectivity index (χ2v) is 6.72. The maximum absolute atomic E-state index is 12.7. The van der Waals surface area contributed by atoms with Gasteiger partial charge >= 0.3 is 5.97 Å². The molecule has 136 valence electrons. The van der Waals surface area contributed by atoms with E-state index in [0.29, 0.717) is 6.61 Å². The number of rotatable bonds is 6. The number of hydrogen-bond donors (Lipinski definition) is 0. The third-order valence-electron chi connectivity index (χ3n) is 5.05. The lowest BCUT2D eigenvalue weighted by Gasteiger charge is -2.21. The number of hydrogen-bond acceptors (Lipinski definition) is 3. The number of carbonyl (C=O) groups excluding carboxylic acids is 1. The Kier molecular flexibility index (Phi) is 5.03. The molecule has 0 bridgehead atoms. The number of carbonyl (C=O) groups is 1. The SMILES string of the molecule is CCOC(=O)C1[C@@H](c2ccccc2)N1C(c1ccccc1)c1ccccc1. The molecule has 3 nitrogen and oxygen atoms in total. The van der Waals surface area contributed by atoms with E-state index < -0.39 is 0 Å². The van der Waals surface area contributed by atoms with Crippen LogP contribution in [0.3, 0.4) is 0 Å². The summed E-state index contributed by atoms with van der Waals surface area (Å²) in [6, 6.07) is 30.7. The lowest BCUT2D eigenvalue weighted by atomic mass is 9.98. The van der Waals surface area contributed by atoms with Gasteiger partial charge in [0.2, 0.25) is 0 Å². The van der Waals surface area contributed by atoms with Gasteiger partial charge in [0.25, 0.3) is 0 Å². The molecule has 27 heavy (non-hydrogen) atoms. The molecule has 0 N–H and O–H groups in total. The molecule has 3 aromatic carbocycles. The Morgan fingerprint density at radius 1 is 0.852 bits per heavy atom.